The van der Waals surface area contributed by atoms with E-state index in [1.165, 1.54) is 0 Å². The summed E-state index contributed by atoms with van der Waals surface area (Å²) in [5, 5.41) is 11.5. The van der Waals surface area contributed by atoms with Crippen LogP contribution in [0.2, 0.25) is 0 Å². The molecule has 3 aromatic rings. The number of nitrogens with one attached hydrogen (secondary N) is 1. The van der Waals surface area contributed by atoms with E-state index in [1.54, 1.807) is 0 Å². The van der Waals surface area contributed by atoms with Crippen molar-refractivity contribution in [2.24, 2.45) is 5.73 Å². The van der Waals surface area contributed by atoms with Crippen LogP contribution in [0.25, 0.3) is 11.5 Å². The summed E-state index contributed by atoms with van der Waals surface area (Å²) in [6.07, 6.45) is 1.34. The fourth-order valence-electron chi connectivity index (χ4n) is 3.86. The van der Waals surface area contributed by atoms with Gasteiger partial charge in [-0.3, -0.25) is 4.79 Å². The molecule has 30 heavy (non-hydrogen) atoms. The predicted molar refractivity (Wildman–Crippen MR) is 120 cm³/mol. The summed E-state index contributed by atoms with van der Waals surface area (Å²) in [4.78, 5) is 14.4. The number of hydrogen-bond donors (Lipinski definition) is 2. The molecule has 0 saturated carbocycles. The molecule has 158 valence electrons. The van der Waals surface area contributed by atoms with E-state index in [0.29, 0.717) is 18.2 Å². The highest BCUT2D eigenvalue weighted by Crippen LogP contribution is 2.39. The molecule has 0 radical (unpaired) electrons. The van der Waals surface area contributed by atoms with E-state index >= 15 is 0 Å². The molecule has 0 saturated heterocycles. The van der Waals surface area contributed by atoms with Crippen LogP contribution < -0.4 is 16.0 Å². The van der Waals surface area contributed by atoms with Gasteiger partial charge in [0.2, 0.25) is 17.7 Å². The van der Waals surface area contributed by atoms with Gasteiger partial charge in [0, 0.05) is 29.4 Å². The summed E-state index contributed by atoms with van der Waals surface area (Å²) in [6.45, 7) is 4.23. The number of rotatable bonds is 5. The van der Waals surface area contributed by atoms with Gasteiger partial charge in [0.05, 0.1) is 12.6 Å². The number of carbonyl (C=O) groups is 1. The fraction of sp³-hybridized carbons (Fsp3) is 0.318. The van der Waals surface area contributed by atoms with Crippen molar-refractivity contribution in [1.82, 2.24) is 10.2 Å². The molecule has 2 aromatic carbocycles. The monoisotopic (exact) mass is 427 g/mol. The number of halogens is 1. The van der Waals surface area contributed by atoms with E-state index in [2.05, 4.69) is 28.5 Å². The van der Waals surface area contributed by atoms with Crippen LogP contribution in [0.1, 0.15) is 44.2 Å². The average Bonchev–Trinajstić information content (AvgIpc) is 3.23. The summed E-state index contributed by atoms with van der Waals surface area (Å²) < 4.78 is 5.51. The SMILES string of the molecule is CCC(=O)N1c2ccccc2[C@H](Nc2ccc(-c3nnc(CN)o3)cc2)C[C@H]1C.Cl. The minimum absolute atomic E-state index is 0. The van der Waals surface area contributed by atoms with E-state index in [0.717, 1.165) is 28.9 Å². The van der Waals surface area contributed by atoms with Crippen LogP contribution in [0.3, 0.4) is 0 Å². The number of anilines is 2. The maximum absolute atomic E-state index is 12.5. The van der Waals surface area contributed by atoms with Gasteiger partial charge in [-0.15, -0.1) is 22.6 Å². The van der Waals surface area contributed by atoms with Crippen molar-refractivity contribution in [2.45, 2.75) is 45.3 Å². The molecule has 1 aliphatic heterocycles. The summed E-state index contributed by atoms with van der Waals surface area (Å²) in [5.41, 5.74) is 9.50. The molecule has 1 aromatic heterocycles. The number of benzene rings is 2. The fourth-order valence-corrected chi connectivity index (χ4v) is 3.86. The van der Waals surface area contributed by atoms with Crippen molar-refractivity contribution in [3.05, 3.63) is 60.0 Å². The van der Waals surface area contributed by atoms with Gasteiger partial charge >= 0.3 is 0 Å². The third kappa shape index (κ3) is 4.17. The standard InChI is InChI=1S/C22H25N5O2.ClH/c1-3-21(28)27-14(2)12-18(17-6-4-5-7-19(17)27)24-16-10-8-15(9-11-16)22-26-25-20(13-23)29-22;/h4-11,14,18,24H,3,12-13,23H2,1-2H3;1H/t14-,18-;/m1./s1. The Labute approximate surface area is 182 Å². The molecular weight excluding hydrogens is 402 g/mol. The number of nitrogens with two attached hydrogens (primary N) is 1. The van der Waals surface area contributed by atoms with Gasteiger partial charge in [-0.2, -0.15) is 0 Å². The van der Waals surface area contributed by atoms with E-state index in [-0.39, 0.29) is 36.9 Å². The molecule has 0 fully saturated rings. The minimum atomic E-state index is 0. The Kier molecular flexibility index (Phi) is 6.74. The molecule has 2 heterocycles. The molecule has 0 aliphatic carbocycles. The van der Waals surface area contributed by atoms with Gasteiger partial charge in [0.15, 0.2) is 0 Å². The zero-order valence-corrected chi connectivity index (χ0v) is 17.9. The average molecular weight is 428 g/mol. The van der Waals surface area contributed by atoms with Crippen molar-refractivity contribution < 1.29 is 9.21 Å². The Morgan fingerprint density at radius 2 is 1.93 bits per heavy atom. The van der Waals surface area contributed by atoms with Gasteiger partial charge in [-0.25, -0.2) is 0 Å². The minimum Gasteiger partial charge on any atom is -0.419 e. The normalized spacial score (nSPS) is 17.8. The van der Waals surface area contributed by atoms with Gasteiger partial charge in [-0.1, -0.05) is 25.1 Å². The second-order valence-electron chi connectivity index (χ2n) is 7.24. The molecule has 0 unspecified atom stereocenters. The van der Waals surface area contributed by atoms with Crippen molar-refractivity contribution in [1.29, 1.82) is 0 Å². The zero-order chi connectivity index (χ0) is 20.4. The highest BCUT2D eigenvalue weighted by Gasteiger charge is 2.32. The Morgan fingerprint density at radius 1 is 1.20 bits per heavy atom. The highest BCUT2D eigenvalue weighted by atomic mass is 35.5. The van der Waals surface area contributed by atoms with E-state index in [9.17, 15) is 4.79 Å². The Balaban J connectivity index is 0.00000256. The number of para-hydroxylation sites is 1. The highest BCUT2D eigenvalue weighted by molar-refractivity contribution is 5.95. The number of carbonyl (C=O) groups excluding carboxylic acids is 1. The largest absolute Gasteiger partial charge is 0.419 e. The lowest BCUT2D eigenvalue weighted by Crippen LogP contribution is -2.44. The maximum atomic E-state index is 12.5. The second-order valence-corrected chi connectivity index (χ2v) is 7.24. The van der Waals surface area contributed by atoms with Gasteiger partial charge in [0.25, 0.3) is 0 Å². The quantitative estimate of drug-likeness (QED) is 0.629. The lowest BCUT2D eigenvalue weighted by Gasteiger charge is -2.40. The summed E-state index contributed by atoms with van der Waals surface area (Å²) in [6, 6.07) is 16.3. The number of aromatic nitrogens is 2. The third-order valence-corrected chi connectivity index (χ3v) is 5.27. The Morgan fingerprint density at radius 3 is 2.60 bits per heavy atom. The Hall–Kier alpha value is -2.90. The summed E-state index contributed by atoms with van der Waals surface area (Å²) >= 11 is 0. The maximum Gasteiger partial charge on any atom is 0.247 e. The number of amides is 1. The molecule has 1 aliphatic rings. The lowest BCUT2D eigenvalue weighted by atomic mass is 9.91. The van der Waals surface area contributed by atoms with E-state index < -0.39 is 0 Å². The number of hydrogen-bond acceptors (Lipinski definition) is 6. The number of nitrogens with zero attached hydrogens (tertiary/aromatic N) is 3. The first-order valence-corrected chi connectivity index (χ1v) is 9.91. The van der Waals surface area contributed by atoms with Crippen LogP contribution in [-0.4, -0.2) is 22.1 Å². The van der Waals surface area contributed by atoms with Crippen LogP contribution in [0.4, 0.5) is 11.4 Å². The molecule has 1 amide bonds. The molecule has 2 atom stereocenters. The zero-order valence-electron chi connectivity index (χ0n) is 17.0. The molecular formula is C22H26ClN5O2. The van der Waals surface area contributed by atoms with Crippen molar-refractivity contribution in [3.8, 4) is 11.5 Å². The first kappa shape index (κ1) is 21.8. The first-order chi connectivity index (χ1) is 14.1. The van der Waals surface area contributed by atoms with E-state index in [4.69, 9.17) is 10.2 Å². The van der Waals surface area contributed by atoms with Crippen LogP contribution in [0, 0.1) is 0 Å². The van der Waals surface area contributed by atoms with Gasteiger partial charge in [0.1, 0.15) is 0 Å². The van der Waals surface area contributed by atoms with Gasteiger partial charge < -0.3 is 20.4 Å². The summed E-state index contributed by atoms with van der Waals surface area (Å²) in [7, 11) is 0. The first-order valence-electron chi connectivity index (χ1n) is 9.91. The molecule has 0 bridgehead atoms. The molecule has 0 spiro atoms. The molecule has 3 N–H and O–H groups in total. The van der Waals surface area contributed by atoms with Crippen molar-refractivity contribution in [2.75, 3.05) is 10.2 Å². The topological polar surface area (TPSA) is 97.3 Å². The summed E-state index contributed by atoms with van der Waals surface area (Å²) in [5.74, 6) is 1.03. The van der Waals surface area contributed by atoms with Crippen molar-refractivity contribution in [3.63, 3.8) is 0 Å². The molecule has 7 nitrogen and oxygen atoms in total. The van der Waals surface area contributed by atoms with Crippen LogP contribution >= 0.6 is 12.4 Å². The van der Waals surface area contributed by atoms with Crippen LogP contribution in [0.15, 0.2) is 52.9 Å². The molecule has 4 rings (SSSR count). The smallest absolute Gasteiger partial charge is 0.247 e. The van der Waals surface area contributed by atoms with Crippen molar-refractivity contribution >= 4 is 29.7 Å². The van der Waals surface area contributed by atoms with E-state index in [1.807, 2.05) is 54.3 Å². The predicted octanol–water partition coefficient (Wildman–Crippen LogP) is 4.31. The second kappa shape index (κ2) is 9.28. The number of fused-ring (bicyclic) bond motifs is 1. The van der Waals surface area contributed by atoms with Crippen LogP contribution in [0.5, 0.6) is 0 Å². The Bertz CT molecular complexity index is 1000. The lowest BCUT2D eigenvalue weighted by molar-refractivity contribution is -0.118. The molecule has 8 heteroatoms. The third-order valence-electron chi connectivity index (χ3n) is 5.27. The van der Waals surface area contributed by atoms with Gasteiger partial charge in [-0.05, 0) is 49.2 Å². The van der Waals surface area contributed by atoms with Crippen LogP contribution in [-0.2, 0) is 11.3 Å².